The summed E-state index contributed by atoms with van der Waals surface area (Å²) in [6.45, 7) is 2.06. The molecule has 2 fully saturated rings. The van der Waals surface area contributed by atoms with Crippen LogP contribution in [0.25, 0.3) is 0 Å². The number of ether oxygens (including phenoxy) is 2. The highest BCUT2D eigenvalue weighted by Gasteiger charge is 2.46. The summed E-state index contributed by atoms with van der Waals surface area (Å²) in [6.07, 6.45) is 1.33. The molecule has 2 rings (SSSR count). The highest BCUT2D eigenvalue weighted by atomic mass is 32.2. The quantitative estimate of drug-likeness (QED) is 0.719. The van der Waals surface area contributed by atoms with Gasteiger partial charge < -0.3 is 14.6 Å². The van der Waals surface area contributed by atoms with E-state index < -0.39 is 21.6 Å². The molecule has 2 heterocycles. The van der Waals surface area contributed by atoms with Gasteiger partial charge in [0.1, 0.15) is 0 Å². The summed E-state index contributed by atoms with van der Waals surface area (Å²) in [7, 11) is -2.12. The molecule has 128 valence electrons. The third-order valence-corrected chi connectivity index (χ3v) is 6.38. The molecule has 0 amide bonds. The summed E-state index contributed by atoms with van der Waals surface area (Å²) < 4.78 is 38.3. The molecule has 0 aromatic rings. The van der Waals surface area contributed by atoms with Crippen LogP contribution in [-0.4, -0.2) is 81.2 Å². The van der Waals surface area contributed by atoms with Crippen LogP contribution in [0, 0.1) is 5.41 Å². The molecule has 0 unspecified atom stereocenters. The fourth-order valence-corrected chi connectivity index (χ4v) is 4.72. The Hall–Kier alpha value is -0.740. The van der Waals surface area contributed by atoms with Crippen LogP contribution in [0.3, 0.4) is 0 Å². The topological polar surface area (TPSA) is 96.4 Å². The second kappa shape index (κ2) is 7.22. The molecule has 0 spiro atoms. The normalized spacial score (nSPS) is 28.6. The molecule has 0 aromatic heterocycles. The minimum atomic E-state index is -3.63. The number of carbonyl (C=O) groups is 1. The van der Waals surface area contributed by atoms with Gasteiger partial charge in [-0.3, -0.25) is 4.79 Å². The highest BCUT2D eigenvalue weighted by molar-refractivity contribution is 7.86. The van der Waals surface area contributed by atoms with Crippen LogP contribution >= 0.6 is 0 Å². The zero-order chi connectivity index (χ0) is 16.2. The van der Waals surface area contributed by atoms with E-state index >= 15 is 0 Å². The first-order chi connectivity index (χ1) is 10.4. The van der Waals surface area contributed by atoms with E-state index in [2.05, 4.69) is 0 Å². The highest BCUT2D eigenvalue weighted by Crippen LogP contribution is 2.35. The number of aliphatic carboxylic acids is 1. The van der Waals surface area contributed by atoms with Crippen LogP contribution in [-0.2, 0) is 24.5 Å². The first kappa shape index (κ1) is 17.6. The van der Waals surface area contributed by atoms with Crippen LogP contribution < -0.4 is 0 Å². The molecule has 0 aromatic carbocycles. The Balaban J connectivity index is 2.15. The molecule has 22 heavy (non-hydrogen) atoms. The molecular formula is C13H24N2O6S. The number of hydrogen-bond acceptors (Lipinski definition) is 5. The number of carboxylic acids is 1. The van der Waals surface area contributed by atoms with E-state index in [1.165, 1.54) is 15.7 Å². The van der Waals surface area contributed by atoms with Gasteiger partial charge in [0.2, 0.25) is 0 Å². The number of piperidine rings is 1. The third-order valence-electron chi connectivity index (χ3n) is 4.40. The lowest BCUT2D eigenvalue weighted by Gasteiger charge is -2.41. The number of carboxylic acid groups (broad SMARTS) is 1. The Morgan fingerprint density at radius 3 is 2.55 bits per heavy atom. The van der Waals surface area contributed by atoms with Crippen molar-refractivity contribution in [3.05, 3.63) is 0 Å². The lowest BCUT2D eigenvalue weighted by molar-refractivity contribution is -0.152. The van der Waals surface area contributed by atoms with E-state index in [1.54, 1.807) is 0 Å². The summed E-state index contributed by atoms with van der Waals surface area (Å²) in [5.41, 5.74) is -1.06. The molecule has 0 bridgehead atoms. The fraction of sp³-hybridized carbons (Fsp3) is 0.923. The summed E-state index contributed by atoms with van der Waals surface area (Å²) >= 11 is 0. The van der Waals surface area contributed by atoms with Crippen LogP contribution in [0.15, 0.2) is 0 Å². The van der Waals surface area contributed by atoms with E-state index in [9.17, 15) is 18.3 Å². The van der Waals surface area contributed by atoms with Crippen molar-refractivity contribution in [1.29, 1.82) is 0 Å². The Morgan fingerprint density at radius 1 is 1.27 bits per heavy atom. The summed E-state index contributed by atoms with van der Waals surface area (Å²) in [5, 5.41) is 9.60. The largest absolute Gasteiger partial charge is 0.481 e. The van der Waals surface area contributed by atoms with Crippen molar-refractivity contribution < 1.29 is 27.8 Å². The van der Waals surface area contributed by atoms with Gasteiger partial charge in [-0.1, -0.05) is 0 Å². The number of morpholine rings is 1. The molecule has 2 aliphatic rings. The fourth-order valence-electron chi connectivity index (χ4n) is 3.01. The predicted octanol–water partition coefficient (Wildman–Crippen LogP) is -0.233. The average molecular weight is 336 g/mol. The molecule has 0 radical (unpaired) electrons. The zero-order valence-corrected chi connectivity index (χ0v) is 13.7. The third kappa shape index (κ3) is 3.60. The zero-order valence-electron chi connectivity index (χ0n) is 12.9. The molecule has 2 saturated heterocycles. The van der Waals surface area contributed by atoms with Crippen molar-refractivity contribution in [1.82, 2.24) is 8.61 Å². The van der Waals surface area contributed by atoms with Crippen molar-refractivity contribution in [2.24, 2.45) is 5.41 Å². The van der Waals surface area contributed by atoms with Crippen molar-refractivity contribution >= 4 is 16.2 Å². The minimum Gasteiger partial charge on any atom is -0.481 e. The summed E-state index contributed by atoms with van der Waals surface area (Å²) in [6, 6.07) is 0. The number of rotatable bonds is 6. The molecule has 2 aliphatic heterocycles. The van der Waals surface area contributed by atoms with Crippen LogP contribution in [0.1, 0.15) is 19.3 Å². The van der Waals surface area contributed by atoms with E-state index in [1.807, 2.05) is 0 Å². The maximum atomic E-state index is 12.7. The van der Waals surface area contributed by atoms with E-state index in [-0.39, 0.29) is 6.54 Å². The maximum Gasteiger partial charge on any atom is 0.311 e. The van der Waals surface area contributed by atoms with Gasteiger partial charge in [-0.25, -0.2) is 0 Å². The van der Waals surface area contributed by atoms with Gasteiger partial charge in [0.15, 0.2) is 0 Å². The second-order valence-corrected chi connectivity index (χ2v) is 7.71. The maximum absolute atomic E-state index is 12.7. The molecule has 8 nitrogen and oxygen atoms in total. The van der Waals surface area contributed by atoms with Crippen molar-refractivity contribution in [3.63, 3.8) is 0 Å². The predicted molar refractivity (Wildman–Crippen MR) is 78.7 cm³/mol. The first-order valence-corrected chi connectivity index (χ1v) is 8.87. The van der Waals surface area contributed by atoms with Gasteiger partial charge in [0.25, 0.3) is 10.2 Å². The molecule has 1 N–H and O–H groups in total. The smallest absolute Gasteiger partial charge is 0.311 e. The number of nitrogens with zero attached hydrogens (tertiary/aromatic N) is 2. The summed E-state index contributed by atoms with van der Waals surface area (Å²) in [4.78, 5) is 11.7. The standard InChI is InChI=1S/C13H24N2O6S/c1-20-8-4-13(12(16)17)3-2-5-15(11-13)22(18,19)14-6-9-21-10-7-14/h2-11H2,1H3,(H,16,17)/t13-/m1/s1. The van der Waals surface area contributed by atoms with Gasteiger partial charge >= 0.3 is 5.97 Å². The molecule has 0 aliphatic carbocycles. The second-order valence-electron chi connectivity index (χ2n) is 5.78. The average Bonchev–Trinajstić information content (AvgIpc) is 2.54. The van der Waals surface area contributed by atoms with Crippen LogP contribution in [0.2, 0.25) is 0 Å². The van der Waals surface area contributed by atoms with Crippen LogP contribution in [0.5, 0.6) is 0 Å². The van der Waals surface area contributed by atoms with Crippen LogP contribution in [0.4, 0.5) is 0 Å². The Morgan fingerprint density at radius 2 is 1.95 bits per heavy atom. The van der Waals surface area contributed by atoms with Gasteiger partial charge in [-0.05, 0) is 19.3 Å². The van der Waals surface area contributed by atoms with Crippen molar-refractivity contribution in [3.8, 4) is 0 Å². The number of methoxy groups -OCH3 is 1. The van der Waals surface area contributed by atoms with Gasteiger partial charge in [-0.15, -0.1) is 0 Å². The minimum absolute atomic E-state index is 0.00534. The van der Waals surface area contributed by atoms with Gasteiger partial charge in [0, 0.05) is 39.9 Å². The lowest BCUT2D eigenvalue weighted by Crippen LogP contribution is -2.55. The Kier molecular flexibility index (Phi) is 5.78. The van der Waals surface area contributed by atoms with Gasteiger partial charge in [0.05, 0.1) is 18.6 Å². The lowest BCUT2D eigenvalue weighted by atomic mass is 9.78. The van der Waals surface area contributed by atoms with Crippen molar-refractivity contribution in [2.75, 3.05) is 53.1 Å². The summed E-state index contributed by atoms with van der Waals surface area (Å²) in [5.74, 6) is -0.952. The first-order valence-electron chi connectivity index (χ1n) is 7.48. The Bertz CT molecular complexity index is 491. The molecule has 0 saturated carbocycles. The van der Waals surface area contributed by atoms with E-state index in [4.69, 9.17) is 9.47 Å². The Labute approximate surface area is 131 Å². The van der Waals surface area contributed by atoms with Gasteiger partial charge in [-0.2, -0.15) is 17.0 Å². The molecule has 1 atom stereocenters. The van der Waals surface area contributed by atoms with Crippen molar-refractivity contribution in [2.45, 2.75) is 19.3 Å². The van der Waals surface area contributed by atoms with E-state index in [0.717, 1.165) is 0 Å². The number of hydrogen-bond donors (Lipinski definition) is 1. The van der Waals surface area contributed by atoms with E-state index in [0.29, 0.717) is 58.7 Å². The molecular weight excluding hydrogens is 312 g/mol. The monoisotopic (exact) mass is 336 g/mol. The SMILES string of the molecule is COCC[C@]1(C(=O)O)CCCN(S(=O)(=O)N2CCOCC2)C1. The molecule has 9 heteroatoms.